The zero-order valence-electron chi connectivity index (χ0n) is 44.6. The van der Waals surface area contributed by atoms with E-state index in [1.807, 2.05) is 41.5 Å². The van der Waals surface area contributed by atoms with Crippen molar-refractivity contribution in [3.63, 3.8) is 0 Å². The fraction of sp³-hybridized carbons (Fsp3) is 0.661. The molecular formula is C56H87F3O11S. The Hall–Kier alpha value is -4.53. The van der Waals surface area contributed by atoms with E-state index in [0.29, 0.717) is 75.6 Å². The molecule has 0 atom stereocenters. The zero-order chi connectivity index (χ0) is 51.9. The van der Waals surface area contributed by atoms with Crippen LogP contribution in [-0.2, 0) is 8.98 Å². The third kappa shape index (κ3) is 19.1. The quantitative estimate of drug-likeness (QED) is 0.0508. The molecule has 0 bridgehead atoms. The van der Waals surface area contributed by atoms with E-state index >= 15 is 13.2 Å². The second-order valence-corrected chi connectivity index (χ2v) is 20.0. The Balaban J connectivity index is 3.01. The summed E-state index contributed by atoms with van der Waals surface area (Å²) in [5.74, 6) is -0.807. The SMILES string of the molecule is CCCCOc1cc(OCCCC)c(S(OC(=O)C(F)(F)F)(c2c(OCCCC)cc(OCCCC)cc2OCCCC)c2c(OCCCC)cc(OCCCC)cc2OCCCC)c(OCCCC)c1. The third-order valence-corrected chi connectivity index (χ3v) is 14.4. The number of ether oxygens (including phenoxy) is 9. The number of unbranched alkanes of at least 4 members (excludes halogenated alkanes) is 9. The van der Waals surface area contributed by atoms with Gasteiger partial charge in [-0.15, -0.1) is 0 Å². The van der Waals surface area contributed by atoms with Crippen LogP contribution in [0.2, 0.25) is 0 Å². The lowest BCUT2D eigenvalue weighted by Gasteiger charge is -2.43. The van der Waals surface area contributed by atoms with E-state index in [2.05, 4.69) is 20.8 Å². The molecule has 0 heterocycles. The van der Waals surface area contributed by atoms with Gasteiger partial charge in [0.25, 0.3) is 0 Å². The fourth-order valence-corrected chi connectivity index (χ4v) is 10.5. The van der Waals surface area contributed by atoms with Crippen LogP contribution in [0.25, 0.3) is 0 Å². The molecule has 0 saturated carbocycles. The van der Waals surface area contributed by atoms with Crippen LogP contribution < -0.4 is 42.6 Å². The molecule has 0 N–H and O–H groups in total. The number of rotatable bonds is 40. The number of hydrogen-bond donors (Lipinski definition) is 0. The summed E-state index contributed by atoms with van der Waals surface area (Å²) in [6, 6.07) is 9.95. The molecule has 0 amide bonds. The molecule has 0 aliphatic carbocycles. The average Bonchev–Trinajstić information content (AvgIpc) is 3.34. The summed E-state index contributed by atoms with van der Waals surface area (Å²) in [6.07, 6.45) is 7.36. The lowest BCUT2D eigenvalue weighted by atomic mass is 10.2. The van der Waals surface area contributed by atoms with E-state index < -0.39 is 22.5 Å². The van der Waals surface area contributed by atoms with Crippen LogP contribution in [-0.4, -0.2) is 71.6 Å². The summed E-state index contributed by atoms with van der Waals surface area (Å²) >= 11 is 0. The van der Waals surface area contributed by atoms with Crippen molar-refractivity contribution in [1.82, 2.24) is 0 Å². The molecule has 15 heteroatoms. The standard InChI is InChI=1S/C56H87F3O11S/c1-10-19-28-61-43-37-46(64-31-22-13-4)52(47(38-43)65-32-23-14-5)71(70-55(60)56(57,58)59,53-48(66-33-24-15-6)39-44(62-29-20-11-2)40-49(53)67-34-25-16-7)54-50(68-35-26-17-8)41-45(63-30-21-12-3)42-51(54)69-36-27-18-9/h37-42H,10-36H2,1-9H3. The monoisotopic (exact) mass is 1020 g/mol. The number of carbonyl (C=O) groups excluding carboxylic acids is 1. The molecular weight excluding hydrogens is 938 g/mol. The van der Waals surface area contributed by atoms with Crippen molar-refractivity contribution < 1.29 is 64.8 Å². The highest BCUT2D eigenvalue weighted by Gasteiger charge is 2.54. The predicted molar refractivity (Wildman–Crippen MR) is 277 cm³/mol. The zero-order valence-corrected chi connectivity index (χ0v) is 45.4. The van der Waals surface area contributed by atoms with Crippen LogP contribution in [0.4, 0.5) is 13.2 Å². The smallest absolute Gasteiger partial charge is 0.491 e. The van der Waals surface area contributed by atoms with Crippen molar-refractivity contribution in [2.24, 2.45) is 0 Å². The molecule has 3 aromatic rings. The van der Waals surface area contributed by atoms with E-state index in [9.17, 15) is 4.79 Å². The van der Waals surface area contributed by atoms with Gasteiger partial charge in [0.2, 0.25) is 0 Å². The van der Waals surface area contributed by atoms with Crippen molar-refractivity contribution in [3.8, 4) is 51.7 Å². The first kappa shape index (κ1) is 60.8. The van der Waals surface area contributed by atoms with E-state index in [0.717, 1.165) is 77.0 Å². The molecule has 0 aliphatic heterocycles. The Morgan fingerprint density at radius 1 is 0.352 bits per heavy atom. The minimum atomic E-state index is -5.50. The van der Waals surface area contributed by atoms with Gasteiger partial charge in [-0.2, -0.15) is 13.2 Å². The van der Waals surface area contributed by atoms with Gasteiger partial charge in [-0.25, -0.2) is 4.79 Å². The number of halogens is 3. The van der Waals surface area contributed by atoms with Gasteiger partial charge in [-0.05, 0) is 57.8 Å². The largest absolute Gasteiger partial charge is 0.493 e. The maximum absolute atomic E-state index is 15.6. The number of hydrogen-bond acceptors (Lipinski definition) is 11. The fourth-order valence-electron chi connectivity index (χ4n) is 6.95. The average molecular weight is 1030 g/mol. The molecule has 0 fully saturated rings. The number of benzene rings is 3. The molecule has 0 spiro atoms. The van der Waals surface area contributed by atoms with E-state index in [-0.39, 0.29) is 88.8 Å². The molecule has 71 heavy (non-hydrogen) atoms. The molecule has 3 aromatic carbocycles. The van der Waals surface area contributed by atoms with Gasteiger partial charge < -0.3 is 46.8 Å². The van der Waals surface area contributed by atoms with E-state index in [1.54, 1.807) is 36.4 Å². The second kappa shape index (κ2) is 34.0. The van der Waals surface area contributed by atoms with Gasteiger partial charge in [-0.3, -0.25) is 0 Å². The number of alkyl halides is 3. The summed E-state index contributed by atoms with van der Waals surface area (Å²) in [5.41, 5.74) is 0. The van der Waals surface area contributed by atoms with Gasteiger partial charge in [0.05, 0.1) is 59.5 Å². The van der Waals surface area contributed by atoms with Crippen LogP contribution in [0.3, 0.4) is 0 Å². The maximum Gasteiger partial charge on any atom is 0.491 e. The first-order chi connectivity index (χ1) is 34.4. The predicted octanol–water partition coefficient (Wildman–Crippen LogP) is 16.6. The van der Waals surface area contributed by atoms with Crippen molar-refractivity contribution in [1.29, 1.82) is 0 Å². The first-order valence-electron chi connectivity index (χ1n) is 26.8. The highest BCUT2D eigenvalue weighted by molar-refractivity contribution is 8.30. The lowest BCUT2D eigenvalue weighted by Crippen LogP contribution is -2.29. The molecule has 404 valence electrons. The Morgan fingerprint density at radius 3 is 0.704 bits per heavy atom. The van der Waals surface area contributed by atoms with Crippen LogP contribution in [0.5, 0.6) is 51.7 Å². The van der Waals surface area contributed by atoms with Gasteiger partial charge in [-0.1, -0.05) is 120 Å². The van der Waals surface area contributed by atoms with E-state index in [4.69, 9.17) is 46.8 Å². The van der Waals surface area contributed by atoms with Gasteiger partial charge in [0.15, 0.2) is 0 Å². The van der Waals surface area contributed by atoms with Crippen molar-refractivity contribution in [3.05, 3.63) is 36.4 Å². The summed E-state index contributed by atoms with van der Waals surface area (Å²) < 4.78 is 113. The highest BCUT2D eigenvalue weighted by Crippen LogP contribution is 2.81. The Kier molecular flexibility index (Phi) is 29.1. The minimum absolute atomic E-state index is 0.0193. The van der Waals surface area contributed by atoms with Crippen LogP contribution in [0, 0.1) is 0 Å². The maximum atomic E-state index is 15.6. The molecule has 11 nitrogen and oxygen atoms in total. The Bertz CT molecular complexity index is 1670. The van der Waals surface area contributed by atoms with Gasteiger partial charge in [0, 0.05) is 46.7 Å². The van der Waals surface area contributed by atoms with Gasteiger partial charge >= 0.3 is 12.1 Å². The Morgan fingerprint density at radius 2 is 0.535 bits per heavy atom. The first-order valence-corrected chi connectivity index (χ1v) is 28.3. The highest BCUT2D eigenvalue weighted by atomic mass is 32.3. The normalized spacial score (nSPS) is 11.8. The molecule has 0 unspecified atom stereocenters. The van der Waals surface area contributed by atoms with Gasteiger partial charge in [0.1, 0.15) is 66.4 Å². The second-order valence-electron chi connectivity index (χ2n) is 17.5. The van der Waals surface area contributed by atoms with Crippen LogP contribution in [0.1, 0.15) is 178 Å². The minimum Gasteiger partial charge on any atom is -0.493 e. The van der Waals surface area contributed by atoms with Crippen molar-refractivity contribution in [2.75, 3.05) is 59.5 Å². The molecule has 0 aliphatic rings. The van der Waals surface area contributed by atoms with E-state index in [1.165, 1.54) is 0 Å². The summed E-state index contributed by atoms with van der Waals surface area (Å²) in [6.45, 7) is 20.3. The summed E-state index contributed by atoms with van der Waals surface area (Å²) in [5, 5.41) is 0. The summed E-state index contributed by atoms with van der Waals surface area (Å²) in [4.78, 5) is 14.6. The lowest BCUT2D eigenvalue weighted by molar-refractivity contribution is -0.188. The third-order valence-electron chi connectivity index (χ3n) is 11.1. The Labute approximate surface area is 425 Å². The number of carbonyl (C=O) groups is 1. The molecule has 3 rings (SSSR count). The van der Waals surface area contributed by atoms with Crippen molar-refractivity contribution >= 4 is 16.3 Å². The molecule has 0 aromatic heterocycles. The molecule has 0 saturated heterocycles. The topological polar surface area (TPSA) is 109 Å². The molecule has 0 radical (unpaired) electrons. The van der Waals surface area contributed by atoms with Crippen LogP contribution in [0.15, 0.2) is 51.1 Å². The van der Waals surface area contributed by atoms with Crippen molar-refractivity contribution in [2.45, 2.75) is 199 Å². The van der Waals surface area contributed by atoms with Crippen LogP contribution >= 0.6 is 10.3 Å². The summed E-state index contributed by atoms with van der Waals surface area (Å²) in [7, 11) is -4.33.